The summed E-state index contributed by atoms with van der Waals surface area (Å²) >= 11 is 0. The molecule has 1 saturated carbocycles. The largest absolute Gasteiger partial charge is 0.481 e. The van der Waals surface area contributed by atoms with Gasteiger partial charge in [0.05, 0.1) is 5.41 Å². The first-order chi connectivity index (χ1) is 8.43. The highest BCUT2D eigenvalue weighted by molar-refractivity contribution is 5.78. The smallest absolute Gasteiger partial charge is 0.310 e. The molecular weight excluding hydrogens is 226 g/mol. The van der Waals surface area contributed by atoms with Crippen LogP contribution in [-0.2, 0) is 11.3 Å². The van der Waals surface area contributed by atoms with Crippen molar-refractivity contribution in [2.75, 3.05) is 13.6 Å². The Hall–Kier alpha value is -1.35. The second kappa shape index (κ2) is 4.73. The fourth-order valence-electron chi connectivity index (χ4n) is 2.42. The van der Waals surface area contributed by atoms with Crippen LogP contribution in [0, 0.1) is 19.3 Å². The lowest BCUT2D eigenvalue weighted by atomic mass is 10.0. The predicted molar refractivity (Wildman–Crippen MR) is 71.6 cm³/mol. The van der Waals surface area contributed by atoms with Crippen LogP contribution in [0.4, 0.5) is 0 Å². The molecule has 0 bridgehead atoms. The minimum absolute atomic E-state index is 0.466. The number of carbonyl (C=O) groups is 1. The third-order valence-electron chi connectivity index (χ3n) is 3.82. The lowest BCUT2D eigenvalue weighted by molar-refractivity contribution is -0.144. The minimum Gasteiger partial charge on any atom is -0.481 e. The van der Waals surface area contributed by atoms with Crippen LogP contribution < -0.4 is 0 Å². The molecule has 1 aliphatic carbocycles. The highest BCUT2D eigenvalue weighted by atomic mass is 16.4. The third kappa shape index (κ3) is 2.72. The van der Waals surface area contributed by atoms with Crippen LogP contribution in [0.15, 0.2) is 18.2 Å². The normalized spacial score (nSPS) is 16.9. The van der Waals surface area contributed by atoms with Gasteiger partial charge in [0.15, 0.2) is 0 Å². The molecule has 0 heterocycles. The van der Waals surface area contributed by atoms with Gasteiger partial charge in [0.25, 0.3) is 0 Å². The fraction of sp³-hybridized carbons (Fsp3) is 0.533. The number of benzene rings is 1. The first kappa shape index (κ1) is 13.1. The molecule has 0 atom stereocenters. The lowest BCUT2D eigenvalue weighted by Crippen LogP contribution is -2.31. The molecule has 98 valence electrons. The van der Waals surface area contributed by atoms with Crippen molar-refractivity contribution in [2.45, 2.75) is 33.2 Å². The van der Waals surface area contributed by atoms with Crippen LogP contribution in [0.5, 0.6) is 0 Å². The molecular formula is C15H21NO2. The molecule has 1 fully saturated rings. The summed E-state index contributed by atoms with van der Waals surface area (Å²) in [6.07, 6.45) is 1.64. The van der Waals surface area contributed by atoms with Gasteiger partial charge in [-0.1, -0.05) is 23.8 Å². The van der Waals surface area contributed by atoms with E-state index in [1.54, 1.807) is 0 Å². The van der Waals surface area contributed by atoms with Crippen molar-refractivity contribution in [2.24, 2.45) is 5.41 Å². The number of hydrogen-bond donors (Lipinski definition) is 1. The Morgan fingerprint density at radius 2 is 2.06 bits per heavy atom. The maximum atomic E-state index is 11.2. The van der Waals surface area contributed by atoms with E-state index in [9.17, 15) is 9.90 Å². The zero-order valence-corrected chi connectivity index (χ0v) is 11.4. The summed E-state index contributed by atoms with van der Waals surface area (Å²) in [6, 6.07) is 6.42. The molecule has 0 amide bonds. The van der Waals surface area contributed by atoms with Gasteiger partial charge in [0.1, 0.15) is 0 Å². The summed E-state index contributed by atoms with van der Waals surface area (Å²) in [6.45, 7) is 5.66. The molecule has 3 nitrogen and oxygen atoms in total. The Balaban J connectivity index is 2.01. The van der Waals surface area contributed by atoms with Crippen LogP contribution in [0.2, 0.25) is 0 Å². The molecule has 18 heavy (non-hydrogen) atoms. The molecule has 1 N–H and O–H groups in total. The van der Waals surface area contributed by atoms with E-state index >= 15 is 0 Å². The SMILES string of the molecule is Cc1ccc(C)c(CN(C)CC2(C(=O)O)CC2)c1. The van der Waals surface area contributed by atoms with Gasteiger partial charge in [-0.15, -0.1) is 0 Å². The number of nitrogens with zero attached hydrogens (tertiary/aromatic N) is 1. The summed E-state index contributed by atoms with van der Waals surface area (Å²) in [7, 11) is 2.00. The maximum Gasteiger partial charge on any atom is 0.310 e. The van der Waals surface area contributed by atoms with Crippen molar-refractivity contribution in [3.05, 3.63) is 34.9 Å². The van der Waals surface area contributed by atoms with E-state index in [0.717, 1.165) is 19.4 Å². The monoisotopic (exact) mass is 247 g/mol. The third-order valence-corrected chi connectivity index (χ3v) is 3.82. The molecule has 1 aromatic rings. The molecule has 1 aliphatic rings. The molecule has 0 saturated heterocycles. The van der Waals surface area contributed by atoms with Crippen LogP contribution in [0.25, 0.3) is 0 Å². The number of aryl methyl sites for hydroxylation is 2. The standard InChI is InChI=1S/C15H21NO2/c1-11-4-5-12(2)13(8-11)9-16(3)10-15(6-7-15)14(17)18/h4-5,8H,6-7,9-10H2,1-3H3,(H,17,18). The van der Waals surface area contributed by atoms with Crippen LogP contribution >= 0.6 is 0 Å². The highest BCUT2D eigenvalue weighted by Crippen LogP contribution is 2.46. The summed E-state index contributed by atoms with van der Waals surface area (Å²) in [5.41, 5.74) is 3.35. The Morgan fingerprint density at radius 3 is 2.61 bits per heavy atom. The van der Waals surface area contributed by atoms with E-state index in [0.29, 0.717) is 6.54 Å². The second-order valence-electron chi connectivity index (χ2n) is 5.69. The number of rotatable bonds is 5. The van der Waals surface area contributed by atoms with Crippen LogP contribution in [0.1, 0.15) is 29.5 Å². The average molecular weight is 247 g/mol. The Labute approximate surface area is 108 Å². The Morgan fingerprint density at radius 1 is 1.39 bits per heavy atom. The van der Waals surface area contributed by atoms with Crippen molar-refractivity contribution < 1.29 is 9.90 Å². The van der Waals surface area contributed by atoms with Gasteiger partial charge in [0.2, 0.25) is 0 Å². The average Bonchev–Trinajstić information content (AvgIpc) is 3.04. The van der Waals surface area contributed by atoms with Crippen molar-refractivity contribution in [3.8, 4) is 0 Å². The van der Waals surface area contributed by atoms with Crippen molar-refractivity contribution in [3.63, 3.8) is 0 Å². The number of aliphatic carboxylic acids is 1. The quantitative estimate of drug-likeness (QED) is 0.869. The van der Waals surface area contributed by atoms with Gasteiger partial charge < -0.3 is 10.0 Å². The topological polar surface area (TPSA) is 40.5 Å². The summed E-state index contributed by atoms with van der Waals surface area (Å²) in [4.78, 5) is 13.3. The van der Waals surface area contributed by atoms with E-state index in [4.69, 9.17) is 0 Å². The Bertz CT molecular complexity index is 464. The fourth-order valence-corrected chi connectivity index (χ4v) is 2.42. The van der Waals surface area contributed by atoms with Gasteiger partial charge in [-0.2, -0.15) is 0 Å². The van der Waals surface area contributed by atoms with Crippen molar-refractivity contribution in [1.29, 1.82) is 0 Å². The van der Waals surface area contributed by atoms with E-state index in [2.05, 4.69) is 36.9 Å². The van der Waals surface area contributed by atoms with E-state index in [1.165, 1.54) is 16.7 Å². The van der Waals surface area contributed by atoms with Gasteiger partial charge in [-0.3, -0.25) is 4.79 Å². The molecule has 1 aromatic carbocycles. The first-order valence-electron chi connectivity index (χ1n) is 6.41. The summed E-state index contributed by atoms with van der Waals surface area (Å²) < 4.78 is 0. The molecule has 3 heteroatoms. The maximum absolute atomic E-state index is 11.2. The number of hydrogen-bond acceptors (Lipinski definition) is 2. The van der Waals surface area contributed by atoms with Gasteiger partial charge in [-0.25, -0.2) is 0 Å². The number of carboxylic acid groups (broad SMARTS) is 1. The van der Waals surface area contributed by atoms with Crippen molar-refractivity contribution in [1.82, 2.24) is 4.90 Å². The predicted octanol–water partition coefficient (Wildman–Crippen LogP) is 2.60. The minimum atomic E-state index is -0.643. The lowest BCUT2D eigenvalue weighted by Gasteiger charge is -2.22. The molecule has 0 aliphatic heterocycles. The summed E-state index contributed by atoms with van der Waals surface area (Å²) in [5, 5.41) is 9.19. The van der Waals surface area contributed by atoms with Crippen LogP contribution in [-0.4, -0.2) is 29.6 Å². The molecule has 0 unspecified atom stereocenters. The number of carboxylic acids is 1. The first-order valence-corrected chi connectivity index (χ1v) is 6.41. The zero-order chi connectivity index (χ0) is 13.3. The molecule has 2 rings (SSSR count). The Kier molecular flexibility index (Phi) is 3.44. The van der Waals surface area contributed by atoms with Gasteiger partial charge >= 0.3 is 5.97 Å². The van der Waals surface area contributed by atoms with Gasteiger partial charge in [0, 0.05) is 13.1 Å². The van der Waals surface area contributed by atoms with Crippen LogP contribution in [0.3, 0.4) is 0 Å². The van der Waals surface area contributed by atoms with Gasteiger partial charge in [-0.05, 0) is 44.9 Å². The van der Waals surface area contributed by atoms with Crippen molar-refractivity contribution >= 4 is 5.97 Å². The van der Waals surface area contributed by atoms with E-state index in [-0.39, 0.29) is 0 Å². The summed E-state index contributed by atoms with van der Waals surface area (Å²) in [5.74, 6) is -0.643. The van der Waals surface area contributed by atoms with E-state index in [1.807, 2.05) is 7.05 Å². The second-order valence-corrected chi connectivity index (χ2v) is 5.69. The van der Waals surface area contributed by atoms with E-state index < -0.39 is 11.4 Å². The zero-order valence-electron chi connectivity index (χ0n) is 11.4. The molecule has 0 spiro atoms. The molecule has 0 aromatic heterocycles. The highest BCUT2D eigenvalue weighted by Gasteiger charge is 2.50. The molecule has 0 radical (unpaired) electrons.